The molecule has 0 aliphatic heterocycles. The Morgan fingerprint density at radius 1 is 1.29 bits per heavy atom. The first-order valence-electron chi connectivity index (χ1n) is 4.98. The number of aromatic amines is 1. The highest BCUT2D eigenvalue weighted by atomic mass is 19.3. The van der Waals surface area contributed by atoms with Crippen molar-refractivity contribution in [2.75, 3.05) is 0 Å². The lowest BCUT2D eigenvalue weighted by Gasteiger charge is -2.04. The zero-order valence-electron chi connectivity index (χ0n) is 8.86. The highest BCUT2D eigenvalue weighted by Gasteiger charge is 2.05. The minimum absolute atomic E-state index is 0.127. The summed E-state index contributed by atoms with van der Waals surface area (Å²) >= 11 is 0. The molecule has 0 radical (unpaired) electrons. The summed E-state index contributed by atoms with van der Waals surface area (Å²) in [5, 5.41) is 0. The third-order valence-corrected chi connectivity index (χ3v) is 2.21. The summed E-state index contributed by atoms with van der Waals surface area (Å²) < 4.78 is 28.1. The molecule has 0 saturated heterocycles. The summed E-state index contributed by atoms with van der Waals surface area (Å²) in [6.07, 6.45) is 1.64. The second-order valence-corrected chi connectivity index (χ2v) is 3.35. The molecule has 2 rings (SSSR count). The van der Waals surface area contributed by atoms with Gasteiger partial charge in [-0.1, -0.05) is 0 Å². The fraction of sp³-hybridized carbons (Fsp3) is 0.182. The molecule has 0 spiro atoms. The van der Waals surface area contributed by atoms with Gasteiger partial charge in [-0.3, -0.25) is 0 Å². The molecule has 0 aliphatic carbocycles. The van der Waals surface area contributed by atoms with E-state index in [9.17, 15) is 8.78 Å². The van der Waals surface area contributed by atoms with Crippen LogP contribution in [-0.2, 0) is 6.54 Å². The number of imidazole rings is 1. The van der Waals surface area contributed by atoms with Crippen LogP contribution in [0.4, 0.5) is 8.78 Å². The molecule has 0 amide bonds. The Labute approximate surface area is 96.4 Å². The normalized spacial score (nSPS) is 10.8. The molecule has 1 aromatic heterocycles. The predicted molar refractivity (Wildman–Crippen MR) is 58.5 cm³/mol. The smallest absolute Gasteiger partial charge is 0.387 e. The van der Waals surface area contributed by atoms with Crippen LogP contribution in [-0.4, -0.2) is 16.6 Å². The van der Waals surface area contributed by atoms with Gasteiger partial charge < -0.3 is 15.5 Å². The molecule has 17 heavy (non-hydrogen) atoms. The fourth-order valence-electron chi connectivity index (χ4n) is 1.43. The molecular weight excluding hydrogens is 228 g/mol. The standard InChI is InChI=1S/C11H11F2N3O/c12-11(13)17-8-3-1-7(2-4-8)9-6-15-10(5-14)16-9/h1-4,6,11H,5,14H2,(H,15,16). The number of halogens is 2. The number of benzene rings is 1. The van der Waals surface area contributed by atoms with E-state index in [1.165, 1.54) is 12.1 Å². The number of alkyl halides is 2. The third-order valence-electron chi connectivity index (χ3n) is 2.21. The topological polar surface area (TPSA) is 63.9 Å². The molecule has 0 fully saturated rings. The van der Waals surface area contributed by atoms with Crippen molar-refractivity contribution in [2.24, 2.45) is 5.73 Å². The van der Waals surface area contributed by atoms with Gasteiger partial charge in [-0.25, -0.2) is 4.98 Å². The maximum atomic E-state index is 11.9. The summed E-state index contributed by atoms with van der Waals surface area (Å²) in [5.74, 6) is 0.801. The minimum Gasteiger partial charge on any atom is -0.435 e. The maximum absolute atomic E-state index is 11.9. The summed E-state index contributed by atoms with van der Waals surface area (Å²) in [7, 11) is 0. The van der Waals surface area contributed by atoms with Gasteiger partial charge in [-0.15, -0.1) is 0 Å². The number of nitrogens with two attached hydrogens (primary N) is 1. The van der Waals surface area contributed by atoms with Crippen LogP contribution < -0.4 is 10.5 Å². The number of nitrogens with one attached hydrogen (secondary N) is 1. The van der Waals surface area contributed by atoms with Crippen molar-refractivity contribution in [1.82, 2.24) is 9.97 Å². The van der Waals surface area contributed by atoms with Gasteiger partial charge in [-0.2, -0.15) is 8.78 Å². The van der Waals surface area contributed by atoms with Crippen molar-refractivity contribution in [3.8, 4) is 17.0 Å². The van der Waals surface area contributed by atoms with E-state index in [1.54, 1.807) is 18.3 Å². The lowest BCUT2D eigenvalue weighted by Crippen LogP contribution is -2.01. The van der Waals surface area contributed by atoms with Gasteiger partial charge in [0.1, 0.15) is 11.6 Å². The highest BCUT2D eigenvalue weighted by molar-refractivity contribution is 5.59. The molecule has 1 heterocycles. The van der Waals surface area contributed by atoms with Gasteiger partial charge >= 0.3 is 6.61 Å². The number of ether oxygens (including phenoxy) is 1. The molecule has 0 aliphatic rings. The van der Waals surface area contributed by atoms with Crippen LogP contribution in [0.25, 0.3) is 11.3 Å². The first kappa shape index (κ1) is 11.5. The minimum atomic E-state index is -2.81. The summed E-state index contributed by atoms with van der Waals surface area (Å²) in [6.45, 7) is -2.48. The van der Waals surface area contributed by atoms with Crippen LogP contribution in [0.2, 0.25) is 0 Å². The molecule has 0 atom stereocenters. The van der Waals surface area contributed by atoms with Crippen LogP contribution in [0.5, 0.6) is 5.75 Å². The highest BCUT2D eigenvalue weighted by Crippen LogP contribution is 2.21. The van der Waals surface area contributed by atoms with E-state index >= 15 is 0 Å². The average Bonchev–Trinajstić information content (AvgIpc) is 2.78. The summed E-state index contributed by atoms with van der Waals surface area (Å²) in [5.41, 5.74) is 7.04. The average molecular weight is 239 g/mol. The number of hydrogen-bond acceptors (Lipinski definition) is 3. The Hall–Kier alpha value is -1.95. The molecule has 0 bridgehead atoms. The van der Waals surface area contributed by atoms with Gasteiger partial charge in [0, 0.05) is 0 Å². The van der Waals surface area contributed by atoms with Crippen LogP contribution in [0, 0.1) is 0 Å². The molecule has 0 unspecified atom stereocenters. The number of nitrogens with zero attached hydrogens (tertiary/aromatic N) is 1. The number of aromatic nitrogens is 2. The van der Waals surface area contributed by atoms with Crippen molar-refractivity contribution < 1.29 is 13.5 Å². The van der Waals surface area contributed by atoms with Crippen LogP contribution in [0.15, 0.2) is 30.5 Å². The van der Waals surface area contributed by atoms with E-state index < -0.39 is 6.61 Å². The van der Waals surface area contributed by atoms with Gasteiger partial charge in [0.15, 0.2) is 0 Å². The Bertz CT molecular complexity index is 482. The first-order valence-corrected chi connectivity index (χ1v) is 4.98. The molecule has 6 heteroatoms. The lowest BCUT2D eigenvalue weighted by molar-refractivity contribution is -0.0498. The zero-order valence-corrected chi connectivity index (χ0v) is 8.86. The van der Waals surface area contributed by atoms with Gasteiger partial charge in [0.25, 0.3) is 0 Å². The fourth-order valence-corrected chi connectivity index (χ4v) is 1.43. The monoisotopic (exact) mass is 239 g/mol. The van der Waals surface area contributed by atoms with E-state index in [4.69, 9.17) is 5.73 Å². The van der Waals surface area contributed by atoms with E-state index in [0.717, 1.165) is 11.3 Å². The largest absolute Gasteiger partial charge is 0.435 e. The molecule has 90 valence electrons. The molecule has 1 aromatic carbocycles. The van der Waals surface area contributed by atoms with Gasteiger partial charge in [0.2, 0.25) is 0 Å². The Morgan fingerprint density at radius 3 is 2.53 bits per heavy atom. The maximum Gasteiger partial charge on any atom is 0.387 e. The Balaban J connectivity index is 2.17. The first-order chi connectivity index (χ1) is 8.19. The third kappa shape index (κ3) is 2.79. The van der Waals surface area contributed by atoms with E-state index in [1.807, 2.05) is 0 Å². The number of H-pyrrole nitrogens is 1. The van der Waals surface area contributed by atoms with Crippen molar-refractivity contribution in [2.45, 2.75) is 13.2 Å². The van der Waals surface area contributed by atoms with Crippen LogP contribution in [0.1, 0.15) is 5.82 Å². The second kappa shape index (κ2) is 4.92. The Kier molecular flexibility index (Phi) is 3.34. The van der Waals surface area contributed by atoms with Crippen molar-refractivity contribution >= 4 is 0 Å². The van der Waals surface area contributed by atoms with Crippen molar-refractivity contribution in [3.05, 3.63) is 36.3 Å². The second-order valence-electron chi connectivity index (χ2n) is 3.35. The zero-order chi connectivity index (χ0) is 12.3. The molecule has 0 saturated carbocycles. The lowest BCUT2D eigenvalue weighted by atomic mass is 10.2. The van der Waals surface area contributed by atoms with E-state index in [0.29, 0.717) is 12.4 Å². The van der Waals surface area contributed by atoms with Crippen molar-refractivity contribution in [1.29, 1.82) is 0 Å². The van der Waals surface area contributed by atoms with Crippen LogP contribution >= 0.6 is 0 Å². The van der Waals surface area contributed by atoms with Crippen LogP contribution in [0.3, 0.4) is 0 Å². The van der Waals surface area contributed by atoms with Crippen molar-refractivity contribution in [3.63, 3.8) is 0 Å². The van der Waals surface area contributed by atoms with E-state index in [2.05, 4.69) is 14.7 Å². The number of rotatable bonds is 4. The molecule has 2 aromatic rings. The van der Waals surface area contributed by atoms with Gasteiger partial charge in [-0.05, 0) is 29.8 Å². The predicted octanol–water partition coefficient (Wildman–Crippen LogP) is 2.14. The molecular formula is C11H11F2N3O. The quantitative estimate of drug-likeness (QED) is 0.859. The molecule has 4 nitrogen and oxygen atoms in total. The molecule has 3 N–H and O–H groups in total. The summed E-state index contributed by atoms with van der Waals surface area (Å²) in [4.78, 5) is 7.06. The van der Waals surface area contributed by atoms with Gasteiger partial charge in [0.05, 0.1) is 18.4 Å². The summed E-state index contributed by atoms with van der Waals surface area (Å²) in [6, 6.07) is 6.30. The number of hydrogen-bond donors (Lipinski definition) is 2. The SMILES string of the molecule is NCc1ncc(-c2ccc(OC(F)F)cc2)[nH]1. The van der Waals surface area contributed by atoms with E-state index in [-0.39, 0.29) is 5.75 Å². The Morgan fingerprint density at radius 2 is 2.00 bits per heavy atom.